The second-order valence-corrected chi connectivity index (χ2v) is 4.20. The number of ketones is 1. The highest BCUT2D eigenvalue weighted by molar-refractivity contribution is 5.78. The van der Waals surface area contributed by atoms with Gasteiger partial charge in [0.1, 0.15) is 5.78 Å². The second kappa shape index (κ2) is 3.72. The highest BCUT2D eigenvalue weighted by Gasteiger charge is 2.40. The van der Waals surface area contributed by atoms with Crippen molar-refractivity contribution in [3.05, 3.63) is 0 Å². The summed E-state index contributed by atoms with van der Waals surface area (Å²) >= 11 is 0. The summed E-state index contributed by atoms with van der Waals surface area (Å²) in [6.07, 6.45) is 0.277. The van der Waals surface area contributed by atoms with Crippen LogP contribution in [0.2, 0.25) is 0 Å². The predicted molar refractivity (Wildman–Crippen MR) is 52.6 cm³/mol. The normalized spacial score (nSPS) is 29.4. The molecule has 14 heavy (non-hydrogen) atoms. The van der Waals surface area contributed by atoms with Crippen molar-refractivity contribution in [2.75, 3.05) is 6.61 Å². The van der Waals surface area contributed by atoms with Gasteiger partial charge in [-0.15, -0.1) is 0 Å². The zero-order valence-electron chi connectivity index (χ0n) is 9.14. The molecule has 78 valence electrons. The summed E-state index contributed by atoms with van der Waals surface area (Å²) in [6.45, 7) is 7.54. The maximum absolute atomic E-state index is 10.7. The van der Waals surface area contributed by atoms with Gasteiger partial charge in [-0.2, -0.15) is 0 Å². The zero-order valence-corrected chi connectivity index (χ0v) is 9.14. The van der Waals surface area contributed by atoms with Crippen molar-refractivity contribution in [1.29, 1.82) is 0 Å². The van der Waals surface area contributed by atoms with Crippen LogP contribution in [0.15, 0.2) is 0 Å². The molecule has 0 aromatic heterocycles. The Morgan fingerprint density at radius 1 is 1.43 bits per heavy atom. The molecule has 3 nitrogen and oxygen atoms in total. The number of rotatable bonds is 1. The van der Waals surface area contributed by atoms with Gasteiger partial charge in [0.25, 0.3) is 0 Å². The van der Waals surface area contributed by atoms with Crippen molar-refractivity contribution >= 4 is 5.78 Å². The van der Waals surface area contributed by atoms with Gasteiger partial charge in [0.15, 0.2) is 11.4 Å². The molecule has 0 aliphatic carbocycles. The Labute approximate surface area is 84.8 Å². The molecule has 0 unspecified atom stereocenters. The minimum atomic E-state index is -0.570. The van der Waals surface area contributed by atoms with Crippen LogP contribution in [-0.2, 0) is 14.3 Å². The summed E-state index contributed by atoms with van der Waals surface area (Å²) < 4.78 is 11.0. The van der Waals surface area contributed by atoms with Crippen LogP contribution in [0.3, 0.4) is 0 Å². The van der Waals surface area contributed by atoms with Crippen LogP contribution in [0.5, 0.6) is 0 Å². The van der Waals surface area contributed by atoms with Gasteiger partial charge >= 0.3 is 0 Å². The third kappa shape index (κ3) is 3.13. The van der Waals surface area contributed by atoms with Crippen LogP contribution in [-0.4, -0.2) is 23.8 Å². The molecule has 1 heterocycles. The quantitative estimate of drug-likeness (QED) is 0.596. The number of carbonyl (C=O) groups excluding carboxylic acids is 1. The lowest BCUT2D eigenvalue weighted by atomic mass is 10.1. The molecule has 1 saturated heterocycles. The Kier molecular flexibility index (Phi) is 2.98. The minimum absolute atomic E-state index is 0.0688. The first-order chi connectivity index (χ1) is 6.33. The summed E-state index contributed by atoms with van der Waals surface area (Å²) in [7, 11) is 0. The van der Waals surface area contributed by atoms with Gasteiger partial charge < -0.3 is 9.47 Å². The van der Waals surface area contributed by atoms with Crippen molar-refractivity contribution in [2.24, 2.45) is 0 Å². The van der Waals surface area contributed by atoms with E-state index in [2.05, 4.69) is 11.8 Å². The van der Waals surface area contributed by atoms with Gasteiger partial charge in [0, 0.05) is 0 Å². The standard InChI is InChI=1S/C11H16O3/c1-9(12)6-5-7-11(4)8-13-10(2,3)14-11/h6,8H2,1-4H3/t11-/m0/s1. The third-order valence-electron chi connectivity index (χ3n) is 1.86. The van der Waals surface area contributed by atoms with Gasteiger partial charge in [-0.3, -0.25) is 4.79 Å². The van der Waals surface area contributed by atoms with Crippen molar-refractivity contribution in [2.45, 2.75) is 45.5 Å². The van der Waals surface area contributed by atoms with Gasteiger partial charge in [-0.1, -0.05) is 11.8 Å². The zero-order chi connectivity index (χ0) is 10.8. The highest BCUT2D eigenvalue weighted by Crippen LogP contribution is 2.29. The first kappa shape index (κ1) is 11.2. The number of ether oxygens (including phenoxy) is 2. The van der Waals surface area contributed by atoms with E-state index in [0.29, 0.717) is 6.61 Å². The summed E-state index contributed by atoms with van der Waals surface area (Å²) in [5.41, 5.74) is -0.570. The molecule has 0 radical (unpaired) electrons. The van der Waals surface area contributed by atoms with Crippen molar-refractivity contribution in [3.63, 3.8) is 0 Å². The lowest BCUT2D eigenvalue weighted by Gasteiger charge is -2.19. The first-order valence-electron chi connectivity index (χ1n) is 4.67. The Balaban J connectivity index is 2.59. The summed E-state index contributed by atoms with van der Waals surface area (Å²) in [6, 6.07) is 0. The fourth-order valence-electron chi connectivity index (χ4n) is 1.33. The van der Waals surface area contributed by atoms with Crippen LogP contribution >= 0.6 is 0 Å². The first-order valence-corrected chi connectivity index (χ1v) is 4.67. The van der Waals surface area contributed by atoms with E-state index in [1.54, 1.807) is 0 Å². The molecule has 0 aromatic carbocycles. The predicted octanol–water partition coefficient (Wildman–Crippen LogP) is 1.51. The van der Waals surface area contributed by atoms with Gasteiger partial charge in [-0.05, 0) is 27.7 Å². The molecule has 0 bridgehead atoms. The van der Waals surface area contributed by atoms with Crippen LogP contribution in [0, 0.1) is 11.8 Å². The lowest BCUT2D eigenvalue weighted by Crippen LogP contribution is -2.29. The van der Waals surface area contributed by atoms with Gasteiger partial charge in [0.2, 0.25) is 0 Å². The molecular formula is C11H16O3. The molecule has 0 saturated carbocycles. The fraction of sp³-hybridized carbons (Fsp3) is 0.727. The average molecular weight is 196 g/mol. The Morgan fingerprint density at radius 2 is 2.07 bits per heavy atom. The summed E-state index contributed by atoms with van der Waals surface area (Å²) in [4.78, 5) is 10.7. The Hall–Kier alpha value is -0.850. The van der Waals surface area contributed by atoms with E-state index in [0.717, 1.165) is 0 Å². The van der Waals surface area contributed by atoms with E-state index >= 15 is 0 Å². The van der Waals surface area contributed by atoms with E-state index in [-0.39, 0.29) is 12.2 Å². The molecular weight excluding hydrogens is 180 g/mol. The number of hydrogen-bond acceptors (Lipinski definition) is 3. The topological polar surface area (TPSA) is 35.5 Å². The van der Waals surface area contributed by atoms with E-state index in [1.165, 1.54) is 6.92 Å². The van der Waals surface area contributed by atoms with Crippen LogP contribution in [0.1, 0.15) is 34.1 Å². The van der Waals surface area contributed by atoms with Crippen LogP contribution < -0.4 is 0 Å². The van der Waals surface area contributed by atoms with E-state index in [1.807, 2.05) is 20.8 Å². The van der Waals surface area contributed by atoms with E-state index < -0.39 is 11.4 Å². The number of hydrogen-bond donors (Lipinski definition) is 0. The average Bonchev–Trinajstić information content (AvgIpc) is 2.25. The summed E-state index contributed by atoms with van der Waals surface area (Å²) in [5.74, 6) is 5.23. The summed E-state index contributed by atoms with van der Waals surface area (Å²) in [5, 5.41) is 0. The molecule has 3 heteroatoms. The van der Waals surface area contributed by atoms with Crippen molar-refractivity contribution in [1.82, 2.24) is 0 Å². The number of carbonyl (C=O) groups is 1. The molecule has 1 atom stereocenters. The molecule has 1 rings (SSSR count). The molecule has 0 N–H and O–H groups in total. The Bertz CT molecular complexity index is 295. The smallest absolute Gasteiger partial charge is 0.165 e. The Morgan fingerprint density at radius 3 is 2.50 bits per heavy atom. The van der Waals surface area contributed by atoms with Crippen LogP contribution in [0.4, 0.5) is 0 Å². The highest BCUT2D eigenvalue weighted by atomic mass is 16.7. The monoisotopic (exact) mass is 196 g/mol. The maximum atomic E-state index is 10.7. The van der Waals surface area contributed by atoms with Crippen LogP contribution in [0.25, 0.3) is 0 Å². The fourth-order valence-corrected chi connectivity index (χ4v) is 1.33. The van der Waals surface area contributed by atoms with E-state index in [4.69, 9.17) is 9.47 Å². The SMILES string of the molecule is CC(=O)CC#C[C@@]1(C)COC(C)(C)O1. The van der Waals surface area contributed by atoms with Crippen molar-refractivity contribution in [3.8, 4) is 11.8 Å². The lowest BCUT2D eigenvalue weighted by molar-refractivity contribution is -0.146. The molecule has 0 aromatic rings. The maximum Gasteiger partial charge on any atom is 0.165 e. The largest absolute Gasteiger partial charge is 0.346 e. The molecule has 1 fully saturated rings. The van der Waals surface area contributed by atoms with Gasteiger partial charge in [0.05, 0.1) is 13.0 Å². The van der Waals surface area contributed by atoms with E-state index in [9.17, 15) is 4.79 Å². The molecule has 0 amide bonds. The van der Waals surface area contributed by atoms with Crippen molar-refractivity contribution < 1.29 is 14.3 Å². The number of Topliss-reactive ketones (excluding diaryl/α,β-unsaturated/α-hetero) is 1. The second-order valence-electron chi connectivity index (χ2n) is 4.20. The molecule has 1 aliphatic rings. The molecule has 0 spiro atoms. The molecule has 1 aliphatic heterocycles. The third-order valence-corrected chi connectivity index (χ3v) is 1.86. The minimum Gasteiger partial charge on any atom is -0.346 e. The van der Waals surface area contributed by atoms with Gasteiger partial charge in [-0.25, -0.2) is 0 Å².